The number of aliphatic hydroxyl groups excluding tert-OH is 2. The largest absolute Gasteiger partial charge is 0.505 e. The first-order valence-electron chi connectivity index (χ1n) is 8.62. The van der Waals surface area contributed by atoms with Crippen molar-refractivity contribution in [3.05, 3.63) is 76.3 Å². The van der Waals surface area contributed by atoms with Crippen LogP contribution in [0.2, 0.25) is 0 Å². The molecule has 0 fully saturated rings. The van der Waals surface area contributed by atoms with E-state index in [2.05, 4.69) is 0 Å². The van der Waals surface area contributed by atoms with Gasteiger partial charge in [0.15, 0.2) is 17.3 Å². The molecule has 0 radical (unpaired) electrons. The number of carbonyl (C=O) groups excluding carboxylic acids is 1. The zero-order valence-electron chi connectivity index (χ0n) is 14.6. The van der Waals surface area contributed by atoms with Gasteiger partial charge in [-0.1, -0.05) is 30.3 Å². The van der Waals surface area contributed by atoms with Crippen LogP contribution in [0.1, 0.15) is 6.42 Å². The zero-order chi connectivity index (χ0) is 19.7. The van der Waals surface area contributed by atoms with Crippen molar-refractivity contribution in [2.24, 2.45) is 0 Å². The van der Waals surface area contributed by atoms with E-state index in [1.54, 1.807) is 18.2 Å². The highest BCUT2D eigenvalue weighted by atomic mass is 16.6. The molecule has 7 nitrogen and oxygen atoms in total. The minimum Gasteiger partial charge on any atom is -0.505 e. The van der Waals surface area contributed by atoms with Gasteiger partial charge < -0.3 is 24.1 Å². The number of hydrogen-bond donors (Lipinski definition) is 2. The first kappa shape index (κ1) is 17.7. The van der Waals surface area contributed by atoms with Crippen LogP contribution in [-0.2, 0) is 9.53 Å². The standard InChI is InChI=1S/C21H16O7/c22-15-11-18(12-4-2-1-3-5-12)27-16-7-6-13(10-14(15)16)26-9-8-17-19(23)20(24)21(25)28-17/h1-7,10-11,17,23-24H,8-9H2. The normalized spacial score (nSPS) is 16.4. The average Bonchev–Trinajstić information content (AvgIpc) is 2.96. The second-order valence-corrected chi connectivity index (χ2v) is 6.26. The van der Waals surface area contributed by atoms with E-state index in [1.165, 1.54) is 6.07 Å². The number of carbonyl (C=O) groups is 1. The van der Waals surface area contributed by atoms with Gasteiger partial charge in [0.25, 0.3) is 0 Å². The summed E-state index contributed by atoms with van der Waals surface area (Å²) in [6.07, 6.45) is -0.784. The van der Waals surface area contributed by atoms with E-state index in [0.29, 0.717) is 22.5 Å². The minimum absolute atomic E-state index is 0.105. The van der Waals surface area contributed by atoms with Gasteiger partial charge >= 0.3 is 5.97 Å². The van der Waals surface area contributed by atoms with Gasteiger partial charge in [0.1, 0.15) is 17.1 Å². The monoisotopic (exact) mass is 380 g/mol. The van der Waals surface area contributed by atoms with E-state index in [1.807, 2.05) is 30.3 Å². The maximum absolute atomic E-state index is 12.5. The quantitative estimate of drug-likeness (QED) is 0.653. The summed E-state index contributed by atoms with van der Waals surface area (Å²) in [5.41, 5.74) is 1.05. The van der Waals surface area contributed by atoms with E-state index in [0.717, 1.165) is 5.56 Å². The summed E-state index contributed by atoms with van der Waals surface area (Å²) in [5.74, 6) is -1.31. The van der Waals surface area contributed by atoms with Crippen molar-refractivity contribution in [2.75, 3.05) is 6.61 Å². The summed E-state index contributed by atoms with van der Waals surface area (Å²) in [5, 5.41) is 19.3. The van der Waals surface area contributed by atoms with Crippen LogP contribution in [0, 0.1) is 0 Å². The summed E-state index contributed by atoms with van der Waals surface area (Å²) in [4.78, 5) is 23.6. The Labute approximate surface area is 159 Å². The molecule has 1 atom stereocenters. The van der Waals surface area contributed by atoms with Crippen LogP contribution in [0.5, 0.6) is 5.75 Å². The van der Waals surface area contributed by atoms with Gasteiger partial charge in [-0.2, -0.15) is 0 Å². The van der Waals surface area contributed by atoms with Crippen molar-refractivity contribution in [3.63, 3.8) is 0 Å². The Morgan fingerprint density at radius 1 is 1.00 bits per heavy atom. The second-order valence-electron chi connectivity index (χ2n) is 6.26. The molecular formula is C21H16O7. The third-order valence-corrected chi connectivity index (χ3v) is 4.40. The predicted molar refractivity (Wildman–Crippen MR) is 100 cm³/mol. The van der Waals surface area contributed by atoms with Crippen LogP contribution >= 0.6 is 0 Å². The number of benzene rings is 2. The lowest BCUT2D eigenvalue weighted by molar-refractivity contribution is -0.142. The Kier molecular flexibility index (Phi) is 4.49. The van der Waals surface area contributed by atoms with Crippen LogP contribution in [0.4, 0.5) is 0 Å². The number of aliphatic hydroxyl groups is 2. The molecule has 3 aromatic rings. The van der Waals surface area contributed by atoms with E-state index in [9.17, 15) is 19.8 Å². The molecule has 2 heterocycles. The molecule has 0 spiro atoms. The molecule has 4 rings (SSSR count). The fraction of sp³-hybridized carbons (Fsp3) is 0.143. The molecule has 142 valence electrons. The van der Waals surface area contributed by atoms with E-state index < -0.39 is 23.6 Å². The molecule has 1 aliphatic heterocycles. The van der Waals surface area contributed by atoms with Gasteiger partial charge in [-0.05, 0) is 18.2 Å². The first-order valence-corrected chi connectivity index (χ1v) is 8.62. The predicted octanol–water partition coefficient (Wildman–Crippen LogP) is 3.48. The minimum atomic E-state index is -0.958. The zero-order valence-corrected chi connectivity index (χ0v) is 14.6. The highest BCUT2D eigenvalue weighted by molar-refractivity contribution is 5.89. The molecule has 0 saturated carbocycles. The highest BCUT2D eigenvalue weighted by Gasteiger charge is 2.34. The molecule has 0 bridgehead atoms. The molecule has 7 heteroatoms. The Morgan fingerprint density at radius 3 is 2.50 bits per heavy atom. The second kappa shape index (κ2) is 7.11. The summed E-state index contributed by atoms with van der Waals surface area (Å²) in [6, 6.07) is 15.7. The molecule has 0 aliphatic carbocycles. The number of ether oxygens (including phenoxy) is 2. The maximum Gasteiger partial charge on any atom is 0.377 e. The molecule has 28 heavy (non-hydrogen) atoms. The van der Waals surface area contributed by atoms with Gasteiger partial charge in [0.05, 0.1) is 12.0 Å². The van der Waals surface area contributed by atoms with Crippen molar-refractivity contribution in [1.29, 1.82) is 0 Å². The Hall–Kier alpha value is -3.74. The Morgan fingerprint density at radius 2 is 1.79 bits per heavy atom. The van der Waals surface area contributed by atoms with Crippen LogP contribution in [-0.4, -0.2) is 28.9 Å². The number of cyclic esters (lactones) is 1. The van der Waals surface area contributed by atoms with E-state index >= 15 is 0 Å². The first-order chi connectivity index (χ1) is 13.5. The lowest BCUT2D eigenvalue weighted by atomic mass is 10.1. The maximum atomic E-state index is 12.5. The molecule has 1 aliphatic rings. The molecule has 2 N–H and O–H groups in total. The lowest BCUT2D eigenvalue weighted by Crippen LogP contribution is -2.15. The summed E-state index contributed by atoms with van der Waals surface area (Å²) >= 11 is 0. The Bertz CT molecular complexity index is 1130. The Balaban J connectivity index is 1.50. The van der Waals surface area contributed by atoms with E-state index in [-0.39, 0.29) is 18.5 Å². The lowest BCUT2D eigenvalue weighted by Gasteiger charge is -2.11. The van der Waals surface area contributed by atoms with Gasteiger partial charge in [-0.25, -0.2) is 4.79 Å². The average molecular weight is 380 g/mol. The molecule has 1 unspecified atom stereocenters. The molecule has 2 aromatic carbocycles. The van der Waals surface area contributed by atoms with Crippen molar-refractivity contribution in [1.82, 2.24) is 0 Å². The van der Waals surface area contributed by atoms with Crippen LogP contribution in [0.3, 0.4) is 0 Å². The molecule has 0 amide bonds. The number of fused-ring (bicyclic) bond motifs is 1. The fourth-order valence-electron chi connectivity index (χ4n) is 2.95. The SMILES string of the molecule is O=C1OC(CCOc2ccc3oc(-c4ccccc4)cc(=O)c3c2)C(O)=C1O. The number of rotatable bonds is 5. The number of hydrogen-bond acceptors (Lipinski definition) is 7. The van der Waals surface area contributed by atoms with Crippen molar-refractivity contribution in [2.45, 2.75) is 12.5 Å². The third kappa shape index (κ3) is 3.29. The highest BCUT2D eigenvalue weighted by Crippen LogP contribution is 2.25. The van der Waals surface area contributed by atoms with Crippen LogP contribution in [0.15, 0.2) is 75.3 Å². The van der Waals surface area contributed by atoms with E-state index in [4.69, 9.17) is 13.9 Å². The van der Waals surface area contributed by atoms with Gasteiger partial charge in [0.2, 0.25) is 5.76 Å². The molecule has 0 saturated heterocycles. The number of esters is 1. The summed E-state index contributed by atoms with van der Waals surface area (Å²) in [6.45, 7) is 0.105. The van der Waals surface area contributed by atoms with Crippen molar-refractivity contribution in [3.8, 4) is 17.1 Å². The molecular weight excluding hydrogens is 364 g/mol. The summed E-state index contributed by atoms with van der Waals surface area (Å²) in [7, 11) is 0. The fourth-order valence-corrected chi connectivity index (χ4v) is 2.95. The molecule has 1 aromatic heterocycles. The van der Waals surface area contributed by atoms with Crippen molar-refractivity contribution >= 4 is 16.9 Å². The summed E-state index contributed by atoms with van der Waals surface area (Å²) < 4.78 is 16.2. The van der Waals surface area contributed by atoms with Gasteiger partial charge in [-0.3, -0.25) is 4.79 Å². The topological polar surface area (TPSA) is 106 Å². The van der Waals surface area contributed by atoms with Crippen molar-refractivity contribution < 1.29 is 28.9 Å². The smallest absolute Gasteiger partial charge is 0.377 e. The third-order valence-electron chi connectivity index (χ3n) is 4.40. The van der Waals surface area contributed by atoms with Gasteiger partial charge in [-0.15, -0.1) is 0 Å². The van der Waals surface area contributed by atoms with Crippen LogP contribution < -0.4 is 10.2 Å². The van der Waals surface area contributed by atoms with Gasteiger partial charge in [0, 0.05) is 18.1 Å². The van der Waals surface area contributed by atoms with Crippen LogP contribution in [0.25, 0.3) is 22.3 Å².